The number of thiazole rings is 1. The number of nitrogens with zero attached hydrogens (tertiary/aromatic N) is 4. The van der Waals surface area contributed by atoms with E-state index in [4.69, 9.17) is 11.1 Å². The van der Waals surface area contributed by atoms with E-state index in [-0.39, 0.29) is 5.84 Å². The van der Waals surface area contributed by atoms with Crippen LogP contribution < -0.4 is 10.6 Å². The van der Waals surface area contributed by atoms with Gasteiger partial charge in [0, 0.05) is 12.4 Å². The quantitative estimate of drug-likeness (QED) is 0.637. The highest BCUT2D eigenvalue weighted by Crippen LogP contribution is 2.13. The van der Waals surface area contributed by atoms with Crippen molar-refractivity contribution in [3.8, 4) is 0 Å². The van der Waals surface area contributed by atoms with Crippen LogP contribution in [0.5, 0.6) is 0 Å². The minimum atomic E-state index is -0.0770. The van der Waals surface area contributed by atoms with Gasteiger partial charge in [-0.05, 0) is 6.92 Å². The average molecular weight is 262 g/mol. The summed E-state index contributed by atoms with van der Waals surface area (Å²) in [5, 5.41) is 10.3. The third-order valence-corrected chi connectivity index (χ3v) is 3.19. The first-order valence-electron chi connectivity index (χ1n) is 5.35. The number of rotatable bonds is 4. The zero-order chi connectivity index (χ0) is 13.1. The van der Waals surface area contributed by atoms with E-state index >= 15 is 0 Å². The van der Waals surface area contributed by atoms with Gasteiger partial charge in [-0.15, -0.1) is 11.3 Å². The van der Waals surface area contributed by atoms with E-state index in [0.717, 1.165) is 16.5 Å². The average Bonchev–Trinajstić information content (AvgIpc) is 2.75. The van der Waals surface area contributed by atoms with Crippen molar-refractivity contribution in [2.45, 2.75) is 13.5 Å². The Balaban J connectivity index is 2.09. The van der Waals surface area contributed by atoms with E-state index in [1.165, 1.54) is 6.20 Å². The molecule has 94 valence electrons. The molecule has 0 aromatic carbocycles. The van der Waals surface area contributed by atoms with Gasteiger partial charge in [0.15, 0.2) is 0 Å². The van der Waals surface area contributed by atoms with E-state index in [9.17, 15) is 0 Å². The van der Waals surface area contributed by atoms with Crippen LogP contribution in [0.25, 0.3) is 0 Å². The molecule has 2 heterocycles. The number of aryl methyl sites for hydroxylation is 1. The van der Waals surface area contributed by atoms with Crippen molar-refractivity contribution in [1.82, 2.24) is 15.0 Å². The van der Waals surface area contributed by atoms with E-state index in [0.29, 0.717) is 12.2 Å². The molecule has 0 amide bonds. The van der Waals surface area contributed by atoms with Crippen LogP contribution in [0.2, 0.25) is 0 Å². The number of hydrogen-bond donors (Lipinski definition) is 2. The summed E-state index contributed by atoms with van der Waals surface area (Å²) in [5.41, 5.74) is 6.72. The highest BCUT2D eigenvalue weighted by molar-refractivity contribution is 7.09. The predicted molar refractivity (Wildman–Crippen MR) is 72.0 cm³/mol. The molecule has 0 aliphatic heterocycles. The number of nitrogen functional groups attached to an aromatic ring is 1. The van der Waals surface area contributed by atoms with Crippen LogP contribution in [-0.4, -0.2) is 27.8 Å². The molecule has 0 spiro atoms. The van der Waals surface area contributed by atoms with Crippen LogP contribution in [0, 0.1) is 12.3 Å². The molecule has 0 radical (unpaired) electrons. The molecule has 2 aromatic heterocycles. The lowest BCUT2D eigenvalue weighted by atomic mass is 10.4. The van der Waals surface area contributed by atoms with E-state index in [2.05, 4.69) is 15.0 Å². The minimum absolute atomic E-state index is 0.0770. The third-order valence-electron chi connectivity index (χ3n) is 2.37. The van der Waals surface area contributed by atoms with Crippen LogP contribution in [0.4, 0.5) is 5.82 Å². The van der Waals surface area contributed by atoms with Gasteiger partial charge >= 0.3 is 0 Å². The topological polar surface area (TPSA) is 91.8 Å². The van der Waals surface area contributed by atoms with Crippen molar-refractivity contribution in [3.63, 3.8) is 0 Å². The lowest BCUT2D eigenvalue weighted by Gasteiger charge is -2.16. The molecular weight excluding hydrogens is 248 g/mol. The number of nitrogens with two attached hydrogens (primary N) is 1. The summed E-state index contributed by atoms with van der Waals surface area (Å²) >= 11 is 1.63. The molecule has 2 aromatic rings. The van der Waals surface area contributed by atoms with Gasteiger partial charge in [-0.3, -0.25) is 5.41 Å². The van der Waals surface area contributed by atoms with Crippen LogP contribution in [0.3, 0.4) is 0 Å². The van der Waals surface area contributed by atoms with E-state index in [1.54, 1.807) is 17.5 Å². The standard InChI is InChI=1S/C11H14N6S/c1-7-16-8(6-18-7)5-17(2)10-4-14-9(3-15-10)11(12)13/h3-4,6H,5H2,1-2H3,(H3,12,13). The minimum Gasteiger partial charge on any atom is -0.382 e. The Morgan fingerprint density at radius 3 is 2.72 bits per heavy atom. The van der Waals surface area contributed by atoms with Crippen molar-refractivity contribution in [2.24, 2.45) is 5.73 Å². The number of hydrogen-bond acceptors (Lipinski definition) is 6. The SMILES string of the molecule is Cc1nc(CN(C)c2cnc(C(=N)N)cn2)cs1. The Morgan fingerprint density at radius 2 is 2.22 bits per heavy atom. The zero-order valence-corrected chi connectivity index (χ0v) is 11.0. The normalized spacial score (nSPS) is 10.3. The first kappa shape index (κ1) is 12.4. The molecule has 0 saturated carbocycles. The summed E-state index contributed by atoms with van der Waals surface area (Å²) in [4.78, 5) is 14.6. The Bertz CT molecular complexity index is 547. The molecule has 18 heavy (non-hydrogen) atoms. The van der Waals surface area contributed by atoms with Crippen LogP contribution in [0.15, 0.2) is 17.8 Å². The van der Waals surface area contributed by atoms with Crippen LogP contribution >= 0.6 is 11.3 Å². The number of nitrogens with one attached hydrogen (secondary N) is 1. The molecule has 0 saturated heterocycles. The van der Waals surface area contributed by atoms with Gasteiger partial charge in [-0.2, -0.15) is 0 Å². The summed E-state index contributed by atoms with van der Waals surface area (Å²) in [6, 6.07) is 0. The smallest absolute Gasteiger partial charge is 0.147 e. The van der Waals surface area contributed by atoms with Crippen molar-refractivity contribution < 1.29 is 0 Å². The lowest BCUT2D eigenvalue weighted by molar-refractivity contribution is 0.863. The van der Waals surface area contributed by atoms with Crippen molar-refractivity contribution in [1.29, 1.82) is 5.41 Å². The molecular formula is C11H14N6S. The van der Waals surface area contributed by atoms with Crippen molar-refractivity contribution in [3.05, 3.63) is 34.2 Å². The number of anilines is 1. The second-order valence-electron chi connectivity index (χ2n) is 3.89. The summed E-state index contributed by atoms with van der Waals surface area (Å²) < 4.78 is 0. The molecule has 0 aliphatic rings. The summed E-state index contributed by atoms with van der Waals surface area (Å²) in [5.74, 6) is 0.650. The zero-order valence-electron chi connectivity index (χ0n) is 10.2. The van der Waals surface area contributed by atoms with Crippen molar-refractivity contribution >= 4 is 23.0 Å². The van der Waals surface area contributed by atoms with Gasteiger partial charge < -0.3 is 10.6 Å². The number of amidine groups is 1. The van der Waals surface area contributed by atoms with Gasteiger partial charge in [0.25, 0.3) is 0 Å². The Morgan fingerprint density at radius 1 is 1.44 bits per heavy atom. The van der Waals surface area contributed by atoms with Gasteiger partial charge in [0.05, 0.1) is 29.6 Å². The predicted octanol–water partition coefficient (Wildman–Crippen LogP) is 1.16. The van der Waals surface area contributed by atoms with E-state index in [1.807, 2.05) is 24.3 Å². The molecule has 0 bridgehead atoms. The fourth-order valence-corrected chi connectivity index (χ4v) is 2.07. The first-order chi connectivity index (χ1) is 8.56. The molecule has 2 rings (SSSR count). The lowest BCUT2D eigenvalue weighted by Crippen LogP contribution is -2.19. The highest BCUT2D eigenvalue weighted by atomic mass is 32.1. The largest absolute Gasteiger partial charge is 0.382 e. The molecule has 3 N–H and O–H groups in total. The second kappa shape index (κ2) is 5.09. The van der Waals surface area contributed by atoms with Crippen LogP contribution in [0.1, 0.15) is 16.4 Å². The Labute approximate surface area is 109 Å². The Hall–Kier alpha value is -2.02. The molecule has 6 nitrogen and oxygen atoms in total. The fraction of sp³-hybridized carbons (Fsp3) is 0.273. The number of aromatic nitrogens is 3. The maximum Gasteiger partial charge on any atom is 0.147 e. The molecule has 0 unspecified atom stereocenters. The first-order valence-corrected chi connectivity index (χ1v) is 6.23. The second-order valence-corrected chi connectivity index (χ2v) is 4.95. The maximum absolute atomic E-state index is 7.25. The molecule has 0 fully saturated rings. The van der Waals surface area contributed by atoms with E-state index < -0.39 is 0 Å². The summed E-state index contributed by atoms with van der Waals surface area (Å²) in [6.45, 7) is 2.66. The monoisotopic (exact) mass is 262 g/mol. The van der Waals surface area contributed by atoms with Gasteiger partial charge in [-0.25, -0.2) is 15.0 Å². The molecule has 0 aliphatic carbocycles. The van der Waals surface area contributed by atoms with Gasteiger partial charge in [0.1, 0.15) is 17.3 Å². The summed E-state index contributed by atoms with van der Waals surface area (Å²) in [6.07, 6.45) is 3.11. The maximum atomic E-state index is 7.25. The molecule has 0 atom stereocenters. The Kier molecular flexibility index (Phi) is 3.52. The fourth-order valence-electron chi connectivity index (χ4n) is 1.46. The molecule has 7 heteroatoms. The third kappa shape index (κ3) is 2.80. The van der Waals surface area contributed by atoms with Gasteiger partial charge in [0.2, 0.25) is 0 Å². The highest BCUT2D eigenvalue weighted by Gasteiger charge is 2.07. The van der Waals surface area contributed by atoms with Gasteiger partial charge in [-0.1, -0.05) is 0 Å². The summed E-state index contributed by atoms with van der Waals surface area (Å²) in [7, 11) is 1.92. The van der Waals surface area contributed by atoms with Crippen LogP contribution in [-0.2, 0) is 6.54 Å². The van der Waals surface area contributed by atoms with Crippen molar-refractivity contribution in [2.75, 3.05) is 11.9 Å².